The molecule has 0 rings (SSSR count). The molecule has 0 aliphatic rings. The Morgan fingerprint density at radius 2 is 1.00 bits per heavy atom. The summed E-state index contributed by atoms with van der Waals surface area (Å²) in [6.45, 7) is 0. The maximum Gasteiger partial charge on any atom is 0 e. The van der Waals surface area contributed by atoms with Gasteiger partial charge in [0.05, 0.1) is 0 Å². The minimum atomic E-state index is 0. The second-order valence-corrected chi connectivity index (χ2v) is 0. The van der Waals surface area contributed by atoms with Crippen LogP contribution in [0.4, 0.5) is 0 Å². The van der Waals surface area contributed by atoms with E-state index in [4.69, 9.17) is 0 Å². The summed E-state index contributed by atoms with van der Waals surface area (Å²) in [5.41, 5.74) is 0. The van der Waals surface area contributed by atoms with Crippen molar-refractivity contribution in [3.8, 4) is 0 Å². The van der Waals surface area contributed by atoms with Crippen molar-refractivity contribution >= 4 is 36.2 Å². The molecule has 4 heteroatoms. The van der Waals surface area contributed by atoms with E-state index in [9.17, 15) is 0 Å². The predicted octanol–water partition coefficient (Wildman–Crippen LogP) is -1.83. The van der Waals surface area contributed by atoms with E-state index in [-0.39, 0.29) is 92.9 Å². The van der Waals surface area contributed by atoms with Crippen LogP contribution in [-0.2, 0) is 21.1 Å². The van der Waals surface area contributed by atoms with E-state index in [0.29, 0.717) is 0 Å². The van der Waals surface area contributed by atoms with Gasteiger partial charge in [0.15, 0.2) is 17.4 Å². The first-order valence-corrected chi connectivity index (χ1v) is 0. The summed E-state index contributed by atoms with van der Waals surface area (Å²) in [7, 11) is 0. The molecule has 0 N–H and O–H groups in total. The molecule has 0 saturated heterocycles. The van der Waals surface area contributed by atoms with Crippen molar-refractivity contribution in [3.63, 3.8) is 0 Å². The van der Waals surface area contributed by atoms with Gasteiger partial charge in [0.2, 0.25) is 0 Å². The van der Waals surface area contributed by atoms with Crippen LogP contribution >= 0.6 is 0 Å². The van der Waals surface area contributed by atoms with Crippen molar-refractivity contribution in [2.75, 3.05) is 0 Å². The molecule has 0 spiro atoms. The van der Waals surface area contributed by atoms with Gasteiger partial charge in [-0.1, -0.05) is 0 Å². The standard InChI is InChI=1S/Al.La.Li.Pt.4H. The molecule has 21 valence electrons. The zero-order valence-corrected chi connectivity index (χ0v) is 6.79. The monoisotopic (exact) mass is 372 g/mol. The van der Waals surface area contributed by atoms with Gasteiger partial charge in [-0.3, -0.25) is 0 Å². The Morgan fingerprint density at radius 3 is 1.00 bits per heavy atom. The van der Waals surface area contributed by atoms with Crippen molar-refractivity contribution in [1.29, 1.82) is 0 Å². The third-order valence-corrected chi connectivity index (χ3v) is 0. The van der Waals surface area contributed by atoms with Crippen LogP contribution in [0.3, 0.4) is 0 Å². The first-order chi connectivity index (χ1) is 0. The zero-order chi connectivity index (χ0) is 0. The Bertz CT molecular complexity index is 8.00. The number of hydrogen-bond donors (Lipinski definition) is 0. The predicted molar refractivity (Wildman–Crippen MR) is 17.1 cm³/mol. The van der Waals surface area contributed by atoms with Gasteiger partial charge in [-0.2, -0.15) is 0 Å². The minimum absolute atomic E-state index is 0. The fourth-order valence-corrected chi connectivity index (χ4v) is 0. The van der Waals surface area contributed by atoms with Crippen LogP contribution in [-0.4, -0.2) is 36.2 Å². The largest absolute Gasteiger partial charge is 0 e. The Kier molecular flexibility index (Phi) is 116. The van der Waals surface area contributed by atoms with Crippen LogP contribution in [0.25, 0.3) is 0 Å². The molecule has 0 nitrogen and oxygen atoms in total. The van der Waals surface area contributed by atoms with Crippen molar-refractivity contribution < 1.29 is 56.7 Å². The molecule has 4 heavy (non-hydrogen) atoms. The molecule has 0 fully saturated rings. The second kappa shape index (κ2) is 16.6. The molecule has 0 aromatic rings. The van der Waals surface area contributed by atoms with Crippen molar-refractivity contribution in [2.45, 2.75) is 0 Å². The topological polar surface area (TPSA) is 0 Å². The number of rotatable bonds is 0. The average Bonchev–Trinajstić information content (AvgIpc) is 0. The van der Waals surface area contributed by atoms with E-state index < -0.39 is 0 Å². The molecule has 0 atom stereocenters. The van der Waals surface area contributed by atoms with E-state index in [1.54, 1.807) is 0 Å². The third kappa shape index (κ3) is 8.89. The minimum Gasteiger partial charge on any atom is 0 e. The molecule has 0 amide bonds. The normalized spacial score (nSPS) is 0. The maximum atomic E-state index is 0. The molecule has 0 aromatic heterocycles. The van der Waals surface area contributed by atoms with Crippen LogP contribution in [0.5, 0.6) is 0 Å². The van der Waals surface area contributed by atoms with Gasteiger partial charge in [-0.25, -0.2) is 0 Å². The maximum absolute atomic E-state index is 0. The van der Waals surface area contributed by atoms with Gasteiger partial charge in [0, 0.05) is 56.7 Å². The Morgan fingerprint density at radius 1 is 1.00 bits per heavy atom. The van der Waals surface area contributed by atoms with Crippen LogP contribution in [0.15, 0.2) is 0 Å². The van der Waals surface area contributed by atoms with Crippen molar-refractivity contribution in [3.05, 3.63) is 0 Å². The molecule has 0 aliphatic heterocycles. The summed E-state index contributed by atoms with van der Waals surface area (Å²) in [5.74, 6) is 0. The summed E-state index contributed by atoms with van der Waals surface area (Å²) in [6, 6.07) is 0. The average molecular weight is 372 g/mol. The van der Waals surface area contributed by atoms with Gasteiger partial charge in [0.1, 0.15) is 0 Å². The van der Waals surface area contributed by atoms with Crippen molar-refractivity contribution in [1.82, 2.24) is 0 Å². The van der Waals surface area contributed by atoms with Gasteiger partial charge >= 0.3 is 18.9 Å². The smallest absolute Gasteiger partial charge is 0 e. The van der Waals surface area contributed by atoms with Crippen LogP contribution in [0, 0.1) is 35.6 Å². The fourth-order valence-electron chi connectivity index (χ4n) is 0. The molecule has 0 saturated carbocycles. The van der Waals surface area contributed by atoms with Gasteiger partial charge < -0.3 is 0 Å². The van der Waals surface area contributed by atoms with E-state index >= 15 is 0 Å². The summed E-state index contributed by atoms with van der Waals surface area (Å²) in [6.07, 6.45) is 0. The Balaban J connectivity index is 0. The van der Waals surface area contributed by atoms with E-state index in [0.717, 1.165) is 0 Å². The molecule has 1 radical (unpaired) electrons. The molecular formula is H4AlLaLiPt. The van der Waals surface area contributed by atoms with Gasteiger partial charge in [-0.15, -0.1) is 0 Å². The van der Waals surface area contributed by atoms with Gasteiger partial charge in [0.25, 0.3) is 0 Å². The third-order valence-electron chi connectivity index (χ3n) is 0. The second-order valence-electron chi connectivity index (χ2n) is 0. The molecular weight excluding hydrogens is 368 g/mol. The van der Waals surface area contributed by atoms with E-state index in [1.807, 2.05) is 0 Å². The van der Waals surface area contributed by atoms with E-state index in [1.165, 1.54) is 0 Å². The first-order valence-electron chi connectivity index (χ1n) is 0. The van der Waals surface area contributed by atoms with Gasteiger partial charge in [-0.05, 0) is 0 Å². The summed E-state index contributed by atoms with van der Waals surface area (Å²) in [4.78, 5) is 0. The van der Waals surface area contributed by atoms with Crippen LogP contribution in [0.2, 0.25) is 0 Å². The van der Waals surface area contributed by atoms with E-state index in [2.05, 4.69) is 0 Å². The summed E-state index contributed by atoms with van der Waals surface area (Å²) < 4.78 is 0. The SMILES string of the molecule is [AlH3].[La].[LiH].[Pt]. The summed E-state index contributed by atoms with van der Waals surface area (Å²) >= 11 is 0. The molecule has 0 aliphatic carbocycles. The molecule has 0 unspecified atom stereocenters. The Hall–Kier alpha value is 3.01. The summed E-state index contributed by atoms with van der Waals surface area (Å²) in [5, 5.41) is 0. The van der Waals surface area contributed by atoms with Crippen molar-refractivity contribution in [2.24, 2.45) is 0 Å². The zero-order valence-electron chi connectivity index (χ0n) is 0.894. The quantitative estimate of drug-likeness (QED) is 0.439. The van der Waals surface area contributed by atoms with Crippen LogP contribution < -0.4 is 0 Å². The number of hydrogen-bond acceptors (Lipinski definition) is 0. The molecule has 0 heterocycles. The molecule has 0 aromatic carbocycles. The first kappa shape index (κ1) is 27.9. The fraction of sp³-hybridized carbons (Fsp3) is 0. The Labute approximate surface area is 91.0 Å². The van der Waals surface area contributed by atoms with Crippen LogP contribution in [0.1, 0.15) is 0 Å². The molecule has 0 bridgehead atoms.